The molecule has 26 heavy (non-hydrogen) atoms. The Balaban J connectivity index is 1.57. The molecular weight excluding hydrogens is 356 g/mol. The first-order valence-electron chi connectivity index (χ1n) is 8.29. The van der Waals surface area contributed by atoms with Crippen LogP contribution in [0.3, 0.4) is 0 Å². The van der Waals surface area contributed by atoms with Gasteiger partial charge in [0.15, 0.2) is 0 Å². The average Bonchev–Trinajstić information content (AvgIpc) is 3.13. The number of nitro groups is 1. The van der Waals surface area contributed by atoms with E-state index in [4.69, 9.17) is 11.6 Å². The molecule has 0 spiro atoms. The van der Waals surface area contributed by atoms with E-state index in [-0.39, 0.29) is 23.6 Å². The van der Waals surface area contributed by atoms with Gasteiger partial charge in [0.05, 0.1) is 16.9 Å². The number of halogens is 1. The number of hydrazine groups is 1. The van der Waals surface area contributed by atoms with E-state index in [1.807, 2.05) is 24.3 Å². The van der Waals surface area contributed by atoms with Gasteiger partial charge in [0, 0.05) is 30.2 Å². The molecule has 2 aromatic carbocycles. The fraction of sp³-hybridized carbons (Fsp3) is 0.278. The van der Waals surface area contributed by atoms with E-state index in [0.29, 0.717) is 18.1 Å². The lowest BCUT2D eigenvalue weighted by atomic mass is 9.94. The van der Waals surface area contributed by atoms with E-state index in [1.54, 1.807) is 12.1 Å². The first-order valence-corrected chi connectivity index (χ1v) is 8.67. The molecule has 0 saturated carbocycles. The molecule has 1 aliphatic heterocycles. The lowest BCUT2D eigenvalue weighted by Gasteiger charge is -2.18. The van der Waals surface area contributed by atoms with Crippen molar-refractivity contribution in [3.05, 3.63) is 74.8 Å². The van der Waals surface area contributed by atoms with Crippen molar-refractivity contribution in [3.8, 4) is 0 Å². The lowest BCUT2D eigenvalue weighted by Crippen LogP contribution is -2.36. The van der Waals surface area contributed by atoms with E-state index in [1.165, 1.54) is 12.1 Å². The van der Waals surface area contributed by atoms with Crippen molar-refractivity contribution in [3.63, 3.8) is 0 Å². The van der Waals surface area contributed by atoms with Crippen LogP contribution in [-0.4, -0.2) is 23.9 Å². The quantitative estimate of drug-likeness (QED) is 0.533. The summed E-state index contributed by atoms with van der Waals surface area (Å²) in [5.41, 5.74) is 8.03. The molecule has 0 aromatic heterocycles. The minimum Gasteiger partial charge on any atom is -0.355 e. The second-order valence-corrected chi connectivity index (χ2v) is 6.56. The smallest absolute Gasteiger partial charge is 0.269 e. The zero-order valence-electron chi connectivity index (χ0n) is 13.9. The van der Waals surface area contributed by atoms with Gasteiger partial charge in [-0.1, -0.05) is 35.9 Å². The van der Waals surface area contributed by atoms with Gasteiger partial charge in [-0.15, -0.1) is 0 Å². The molecule has 8 heteroatoms. The first-order chi connectivity index (χ1) is 12.5. The number of nitrogens with one attached hydrogen (secondary N) is 3. The number of benzene rings is 2. The molecule has 1 aliphatic rings. The molecule has 1 heterocycles. The van der Waals surface area contributed by atoms with Gasteiger partial charge >= 0.3 is 0 Å². The van der Waals surface area contributed by atoms with Crippen LogP contribution in [0, 0.1) is 16.0 Å². The van der Waals surface area contributed by atoms with Crippen LogP contribution in [0.5, 0.6) is 0 Å². The summed E-state index contributed by atoms with van der Waals surface area (Å²) in [6, 6.07) is 13.6. The van der Waals surface area contributed by atoms with Gasteiger partial charge < -0.3 is 5.32 Å². The van der Waals surface area contributed by atoms with Crippen LogP contribution in [0.1, 0.15) is 17.2 Å². The summed E-state index contributed by atoms with van der Waals surface area (Å²) in [6.45, 7) is 1.03. The van der Waals surface area contributed by atoms with Crippen LogP contribution in [0.25, 0.3) is 0 Å². The van der Waals surface area contributed by atoms with Crippen LogP contribution >= 0.6 is 11.6 Å². The summed E-state index contributed by atoms with van der Waals surface area (Å²) in [6.07, 6.45) is 0.721. The van der Waals surface area contributed by atoms with Crippen LogP contribution in [0.2, 0.25) is 5.02 Å². The molecule has 1 saturated heterocycles. The fourth-order valence-electron chi connectivity index (χ4n) is 2.97. The molecule has 2 atom stereocenters. The number of hydrogen-bond donors (Lipinski definition) is 3. The van der Waals surface area contributed by atoms with Crippen molar-refractivity contribution in [2.24, 2.45) is 5.92 Å². The minimum absolute atomic E-state index is 0.0312. The van der Waals surface area contributed by atoms with Crippen molar-refractivity contribution in [2.45, 2.75) is 12.5 Å². The molecular formula is C18H19ClN4O3. The predicted octanol–water partition coefficient (Wildman–Crippen LogP) is 2.37. The third kappa shape index (κ3) is 4.37. The molecule has 136 valence electrons. The van der Waals surface area contributed by atoms with Gasteiger partial charge in [-0.2, -0.15) is 0 Å². The normalized spacial score (nSPS) is 19.3. The summed E-state index contributed by atoms with van der Waals surface area (Å²) in [5.74, 6) is -0.346. The van der Waals surface area contributed by atoms with Crippen LogP contribution < -0.4 is 16.2 Å². The van der Waals surface area contributed by atoms with Crippen molar-refractivity contribution >= 4 is 23.2 Å². The van der Waals surface area contributed by atoms with E-state index in [0.717, 1.165) is 17.5 Å². The van der Waals surface area contributed by atoms with Crippen LogP contribution in [-0.2, 0) is 11.2 Å². The Morgan fingerprint density at radius 1 is 1.19 bits per heavy atom. The summed E-state index contributed by atoms with van der Waals surface area (Å²) < 4.78 is 0. The zero-order valence-corrected chi connectivity index (χ0v) is 14.7. The minimum atomic E-state index is -0.439. The number of hydrogen-bond acceptors (Lipinski definition) is 5. The Hall–Kier alpha value is -2.48. The molecule has 3 N–H and O–H groups in total. The van der Waals surface area contributed by atoms with E-state index in [2.05, 4.69) is 16.2 Å². The van der Waals surface area contributed by atoms with E-state index in [9.17, 15) is 14.9 Å². The summed E-state index contributed by atoms with van der Waals surface area (Å²) in [5, 5.41) is 14.4. The molecule has 0 bridgehead atoms. The molecule has 0 radical (unpaired) electrons. The largest absolute Gasteiger partial charge is 0.355 e. The number of carbonyl (C=O) groups excluding carboxylic acids is 1. The molecule has 3 rings (SSSR count). The summed E-state index contributed by atoms with van der Waals surface area (Å²) >= 11 is 5.86. The van der Waals surface area contributed by atoms with E-state index < -0.39 is 4.92 Å². The van der Waals surface area contributed by atoms with Crippen molar-refractivity contribution in [1.29, 1.82) is 0 Å². The number of amides is 1. The second kappa shape index (κ2) is 8.27. The highest BCUT2D eigenvalue weighted by Gasteiger charge is 2.33. The Morgan fingerprint density at radius 3 is 2.54 bits per heavy atom. The van der Waals surface area contributed by atoms with Gasteiger partial charge in [0.1, 0.15) is 0 Å². The summed E-state index contributed by atoms with van der Waals surface area (Å²) in [4.78, 5) is 22.9. The number of carbonyl (C=O) groups is 1. The molecule has 0 aliphatic carbocycles. The Kier molecular flexibility index (Phi) is 5.82. The predicted molar refractivity (Wildman–Crippen MR) is 98.6 cm³/mol. The second-order valence-electron chi connectivity index (χ2n) is 6.13. The monoisotopic (exact) mass is 374 g/mol. The average molecular weight is 375 g/mol. The Bertz CT molecular complexity index is 780. The van der Waals surface area contributed by atoms with Crippen LogP contribution in [0.4, 0.5) is 5.69 Å². The van der Waals surface area contributed by atoms with Crippen LogP contribution in [0.15, 0.2) is 48.5 Å². The Morgan fingerprint density at radius 2 is 1.88 bits per heavy atom. The van der Waals surface area contributed by atoms with Crippen molar-refractivity contribution in [1.82, 2.24) is 16.2 Å². The lowest BCUT2D eigenvalue weighted by molar-refractivity contribution is -0.384. The molecule has 7 nitrogen and oxygen atoms in total. The SMILES string of the molecule is O=C(NCCc1ccc(Cl)cc1)C1CNNC1c1ccc([N+](=O)[O-])cc1. The first kappa shape index (κ1) is 18.3. The highest BCUT2D eigenvalue weighted by molar-refractivity contribution is 6.30. The third-order valence-corrected chi connectivity index (χ3v) is 4.66. The molecule has 2 aromatic rings. The maximum absolute atomic E-state index is 12.5. The highest BCUT2D eigenvalue weighted by Crippen LogP contribution is 2.26. The van der Waals surface area contributed by atoms with E-state index >= 15 is 0 Å². The van der Waals surface area contributed by atoms with Gasteiger partial charge in [-0.05, 0) is 29.7 Å². The molecule has 1 amide bonds. The van der Waals surface area contributed by atoms with Crippen molar-refractivity contribution < 1.29 is 9.72 Å². The summed E-state index contributed by atoms with van der Waals surface area (Å²) in [7, 11) is 0. The maximum atomic E-state index is 12.5. The molecule has 1 fully saturated rings. The maximum Gasteiger partial charge on any atom is 0.269 e. The number of non-ortho nitro benzene ring substituents is 1. The number of rotatable bonds is 6. The zero-order chi connectivity index (χ0) is 18.5. The number of nitro benzene ring substituents is 1. The van der Waals surface area contributed by atoms with Gasteiger partial charge in [-0.3, -0.25) is 20.3 Å². The highest BCUT2D eigenvalue weighted by atomic mass is 35.5. The third-order valence-electron chi connectivity index (χ3n) is 4.41. The van der Waals surface area contributed by atoms with Gasteiger partial charge in [0.25, 0.3) is 5.69 Å². The van der Waals surface area contributed by atoms with Gasteiger partial charge in [0.2, 0.25) is 5.91 Å². The fourth-order valence-corrected chi connectivity index (χ4v) is 3.10. The standard InChI is InChI=1S/C18H19ClN4O3/c19-14-5-1-12(2-6-14)9-10-20-18(24)16-11-21-22-17(16)13-3-7-15(8-4-13)23(25)26/h1-8,16-17,21-22H,9-11H2,(H,20,24). The Labute approximate surface area is 155 Å². The number of nitrogens with zero attached hydrogens (tertiary/aromatic N) is 1. The van der Waals surface area contributed by atoms with Crippen molar-refractivity contribution in [2.75, 3.05) is 13.1 Å². The molecule has 2 unspecified atom stereocenters. The van der Waals surface area contributed by atoms with Gasteiger partial charge in [-0.25, -0.2) is 5.43 Å². The topological polar surface area (TPSA) is 96.3 Å².